The Hall–Kier alpha value is -2.53. The van der Waals surface area contributed by atoms with Gasteiger partial charge in [-0.15, -0.1) is 11.3 Å². The van der Waals surface area contributed by atoms with Gasteiger partial charge in [-0.05, 0) is 47.5 Å². The summed E-state index contributed by atoms with van der Waals surface area (Å²) in [4.78, 5) is 21.2. The lowest BCUT2D eigenvalue weighted by molar-refractivity contribution is -0.117. The number of thiazole rings is 1. The van der Waals surface area contributed by atoms with Crippen molar-refractivity contribution >= 4 is 70.6 Å². The first-order valence-corrected chi connectivity index (χ1v) is 12.8. The Morgan fingerprint density at radius 1 is 1.16 bits per heavy atom. The molecule has 0 saturated heterocycles. The number of hydrogen-bond acceptors (Lipinski definition) is 7. The number of nitrogens with one attached hydrogen (secondary N) is 2. The molecule has 0 radical (unpaired) electrons. The number of pyridine rings is 1. The van der Waals surface area contributed by atoms with Crippen LogP contribution in [0.25, 0.3) is 10.2 Å². The predicted molar refractivity (Wildman–Crippen MR) is 123 cm³/mol. The fraction of sp³-hybridized carbons (Fsp3) is 0.150. The fourth-order valence-corrected chi connectivity index (χ4v) is 6.40. The second-order valence-corrected chi connectivity index (χ2v) is 11.1. The molecule has 2 N–H and O–H groups in total. The van der Waals surface area contributed by atoms with E-state index in [-0.39, 0.29) is 22.6 Å². The van der Waals surface area contributed by atoms with E-state index in [0.29, 0.717) is 27.1 Å². The van der Waals surface area contributed by atoms with Crippen LogP contribution in [0.15, 0.2) is 59.1 Å². The largest absolute Gasteiger partial charge is 0.302 e. The zero-order chi connectivity index (χ0) is 21.6. The Kier molecular flexibility index (Phi) is 5.17. The predicted octanol–water partition coefficient (Wildman–Crippen LogP) is 4.95. The van der Waals surface area contributed by atoms with Gasteiger partial charge in [0, 0.05) is 18.3 Å². The average Bonchev–Trinajstić information content (AvgIpc) is 3.19. The molecule has 1 amide bonds. The van der Waals surface area contributed by atoms with Crippen molar-refractivity contribution in [3.05, 3.63) is 64.8 Å². The summed E-state index contributed by atoms with van der Waals surface area (Å²) < 4.78 is 28.3. The first-order chi connectivity index (χ1) is 14.9. The van der Waals surface area contributed by atoms with Crippen LogP contribution in [0, 0.1) is 5.92 Å². The smallest absolute Gasteiger partial charge is 0.262 e. The number of nitrogens with zero attached hydrogens (tertiary/aromatic N) is 2. The molecule has 5 rings (SSSR count). The number of thiophene rings is 1. The molecule has 0 aliphatic heterocycles. The normalized spacial score (nSPS) is 18.1. The zero-order valence-corrected chi connectivity index (χ0v) is 19.0. The topological polar surface area (TPSA) is 101 Å². The molecule has 3 aromatic heterocycles. The van der Waals surface area contributed by atoms with Crippen molar-refractivity contribution in [2.45, 2.75) is 17.2 Å². The molecule has 1 aliphatic carbocycles. The molecule has 158 valence electrons. The van der Waals surface area contributed by atoms with Crippen molar-refractivity contribution < 1.29 is 13.2 Å². The third-order valence-corrected chi connectivity index (χ3v) is 8.47. The van der Waals surface area contributed by atoms with E-state index in [2.05, 4.69) is 20.0 Å². The van der Waals surface area contributed by atoms with Crippen LogP contribution in [0.2, 0.25) is 5.02 Å². The van der Waals surface area contributed by atoms with E-state index in [1.54, 1.807) is 48.0 Å². The number of aromatic nitrogens is 2. The van der Waals surface area contributed by atoms with Crippen molar-refractivity contribution in [1.29, 1.82) is 0 Å². The van der Waals surface area contributed by atoms with Crippen molar-refractivity contribution in [3.63, 3.8) is 0 Å². The molecule has 7 nitrogen and oxygen atoms in total. The molecule has 4 aromatic rings. The van der Waals surface area contributed by atoms with Crippen molar-refractivity contribution in [2.75, 3.05) is 10.0 Å². The van der Waals surface area contributed by atoms with Gasteiger partial charge in [0.2, 0.25) is 5.91 Å². The van der Waals surface area contributed by atoms with Crippen LogP contribution in [0.4, 0.5) is 10.1 Å². The monoisotopic (exact) mass is 490 g/mol. The summed E-state index contributed by atoms with van der Waals surface area (Å²) in [6.07, 6.45) is 3.89. The van der Waals surface area contributed by atoms with E-state index in [1.165, 1.54) is 28.9 Å². The van der Waals surface area contributed by atoms with Gasteiger partial charge in [-0.1, -0.05) is 35.1 Å². The molecular weight excluding hydrogens is 476 g/mol. The zero-order valence-electron chi connectivity index (χ0n) is 15.8. The Morgan fingerprint density at radius 3 is 2.68 bits per heavy atom. The van der Waals surface area contributed by atoms with Gasteiger partial charge in [-0.2, -0.15) is 0 Å². The molecule has 2 atom stereocenters. The van der Waals surface area contributed by atoms with Gasteiger partial charge in [0.25, 0.3) is 10.0 Å². The minimum Gasteiger partial charge on any atom is -0.302 e. The van der Waals surface area contributed by atoms with Crippen molar-refractivity contribution in [3.8, 4) is 0 Å². The summed E-state index contributed by atoms with van der Waals surface area (Å²) in [6, 6.07) is 10.2. The van der Waals surface area contributed by atoms with Gasteiger partial charge in [0.15, 0.2) is 5.13 Å². The Balaban J connectivity index is 1.25. The van der Waals surface area contributed by atoms with Crippen LogP contribution < -0.4 is 10.0 Å². The highest BCUT2D eigenvalue weighted by atomic mass is 35.5. The van der Waals surface area contributed by atoms with E-state index in [0.717, 1.165) is 10.3 Å². The summed E-state index contributed by atoms with van der Waals surface area (Å²) in [5.41, 5.74) is 1.56. The molecule has 1 saturated carbocycles. The van der Waals surface area contributed by atoms with Gasteiger partial charge in [0.1, 0.15) is 10.5 Å². The Morgan fingerprint density at radius 2 is 1.97 bits per heavy atom. The van der Waals surface area contributed by atoms with Crippen LogP contribution in [0.1, 0.15) is 17.9 Å². The minimum atomic E-state index is -3.63. The molecule has 3 heterocycles. The Bertz CT molecular complexity index is 1370. The highest BCUT2D eigenvalue weighted by Crippen LogP contribution is 2.48. The number of halogens is 1. The van der Waals surface area contributed by atoms with Crippen LogP contribution in [-0.2, 0) is 14.8 Å². The van der Waals surface area contributed by atoms with E-state index in [1.807, 2.05) is 0 Å². The maximum atomic E-state index is 12.6. The summed E-state index contributed by atoms with van der Waals surface area (Å²) in [5, 5.41) is 6.16. The average molecular weight is 491 g/mol. The number of anilines is 2. The summed E-state index contributed by atoms with van der Waals surface area (Å²) in [7, 11) is -3.63. The number of carbonyl (C=O) groups excluding carboxylic acids is 1. The maximum Gasteiger partial charge on any atom is 0.262 e. The summed E-state index contributed by atoms with van der Waals surface area (Å²) in [5.74, 6) is -0.224. The third kappa shape index (κ3) is 4.16. The minimum absolute atomic E-state index is 0.0571. The number of amides is 1. The Labute approximate surface area is 191 Å². The lowest BCUT2D eigenvalue weighted by Gasteiger charge is -2.07. The maximum absolute atomic E-state index is 12.6. The highest BCUT2D eigenvalue weighted by molar-refractivity contribution is 7.93. The number of hydrogen-bond donors (Lipinski definition) is 2. The third-order valence-electron chi connectivity index (χ3n) is 4.99. The molecule has 1 fully saturated rings. The first-order valence-electron chi connectivity index (χ1n) is 9.28. The van der Waals surface area contributed by atoms with Crippen molar-refractivity contribution in [2.24, 2.45) is 5.92 Å². The lowest BCUT2D eigenvalue weighted by Crippen LogP contribution is -2.14. The molecule has 2 unspecified atom stereocenters. The molecule has 1 aromatic carbocycles. The standard InChI is InChI=1S/C20H15ClN4O3S3/c21-15-9-22-10-16-18(15)23-20(30-16)24-19(26)14-8-13(14)11-3-5-12(6-4-11)31(27,28)25-17-2-1-7-29-17/h1-7,9-10,13-14,25H,8H2,(H,23,24,26). The molecule has 11 heteroatoms. The number of fused-ring (bicyclic) bond motifs is 1. The second kappa shape index (κ2) is 7.86. The number of benzene rings is 1. The molecule has 0 bridgehead atoms. The van der Waals surface area contributed by atoms with Crippen LogP contribution in [0.5, 0.6) is 0 Å². The van der Waals surface area contributed by atoms with Gasteiger partial charge in [-0.3, -0.25) is 14.5 Å². The van der Waals surface area contributed by atoms with Crippen LogP contribution in [0.3, 0.4) is 0 Å². The first kappa shape index (κ1) is 20.4. The van der Waals surface area contributed by atoms with Crippen molar-refractivity contribution in [1.82, 2.24) is 9.97 Å². The van der Waals surface area contributed by atoms with Crippen LogP contribution >= 0.6 is 34.3 Å². The number of sulfonamides is 1. The molecule has 31 heavy (non-hydrogen) atoms. The van der Waals surface area contributed by atoms with E-state index in [4.69, 9.17) is 11.6 Å². The van der Waals surface area contributed by atoms with E-state index < -0.39 is 10.0 Å². The fourth-order valence-electron chi connectivity index (χ4n) is 3.35. The molecule has 1 aliphatic rings. The highest BCUT2D eigenvalue weighted by Gasteiger charge is 2.44. The molecule has 0 spiro atoms. The SMILES string of the molecule is O=C(Nc1nc2c(Cl)cncc2s1)C1CC1c1ccc(S(=O)(=O)Nc2cccs2)cc1. The molecular formula is C20H15ClN4O3S3. The van der Waals surface area contributed by atoms with Gasteiger partial charge < -0.3 is 5.32 Å². The van der Waals surface area contributed by atoms with E-state index in [9.17, 15) is 13.2 Å². The second-order valence-electron chi connectivity index (χ2n) is 7.08. The summed E-state index contributed by atoms with van der Waals surface area (Å²) in [6.45, 7) is 0. The summed E-state index contributed by atoms with van der Waals surface area (Å²) >= 11 is 8.74. The van der Waals surface area contributed by atoms with Gasteiger partial charge >= 0.3 is 0 Å². The van der Waals surface area contributed by atoms with Gasteiger partial charge in [-0.25, -0.2) is 13.4 Å². The number of carbonyl (C=O) groups is 1. The lowest BCUT2D eigenvalue weighted by atomic mass is 10.1. The van der Waals surface area contributed by atoms with Crippen LogP contribution in [-0.4, -0.2) is 24.3 Å². The van der Waals surface area contributed by atoms with E-state index >= 15 is 0 Å². The quantitative estimate of drug-likeness (QED) is 0.398. The number of rotatable bonds is 6. The van der Waals surface area contributed by atoms with Gasteiger partial charge in [0.05, 0.1) is 14.6 Å².